The number of nitrogens with one attached hydrogen (secondary N) is 2. The van der Waals surface area contributed by atoms with E-state index >= 15 is 0 Å². The minimum Gasteiger partial charge on any atom is -0.352 e. The van der Waals surface area contributed by atoms with Crippen molar-refractivity contribution in [1.29, 1.82) is 0 Å². The molecule has 0 aromatic carbocycles. The molecule has 0 aromatic heterocycles. The Hall–Kier alpha value is -0.610. The maximum atomic E-state index is 12.0. The Bertz CT molecular complexity index is 264. The van der Waals surface area contributed by atoms with Crippen molar-refractivity contribution in [3.63, 3.8) is 0 Å². The molecule has 1 aliphatic heterocycles. The fourth-order valence-corrected chi connectivity index (χ4v) is 2.89. The summed E-state index contributed by atoms with van der Waals surface area (Å²) in [5.74, 6) is 0.815. The average molecular weight is 283 g/mol. The van der Waals surface area contributed by atoms with E-state index in [2.05, 4.69) is 36.3 Å². The Morgan fingerprint density at radius 2 is 1.95 bits per heavy atom. The molecule has 2 N–H and O–H groups in total. The maximum Gasteiger partial charge on any atom is 0.220 e. The summed E-state index contributed by atoms with van der Waals surface area (Å²) in [6, 6.07) is 0.318. The molecule has 0 saturated carbocycles. The van der Waals surface area contributed by atoms with Crippen molar-refractivity contribution in [3.05, 3.63) is 0 Å². The van der Waals surface area contributed by atoms with Crippen molar-refractivity contribution < 1.29 is 4.79 Å². The summed E-state index contributed by atoms with van der Waals surface area (Å²) in [6.07, 6.45) is 5.17. The fourth-order valence-electron chi connectivity index (χ4n) is 2.89. The van der Waals surface area contributed by atoms with E-state index < -0.39 is 0 Å². The molecule has 4 heteroatoms. The van der Waals surface area contributed by atoms with Gasteiger partial charge in [0.1, 0.15) is 0 Å². The van der Waals surface area contributed by atoms with E-state index in [1.54, 1.807) is 0 Å². The van der Waals surface area contributed by atoms with Crippen LogP contribution >= 0.6 is 0 Å². The Morgan fingerprint density at radius 3 is 2.55 bits per heavy atom. The van der Waals surface area contributed by atoms with Gasteiger partial charge in [-0.2, -0.15) is 0 Å². The Labute approximate surface area is 124 Å². The van der Waals surface area contributed by atoms with E-state index in [0.29, 0.717) is 18.4 Å². The normalized spacial score (nSPS) is 23.0. The van der Waals surface area contributed by atoms with Crippen LogP contribution in [-0.4, -0.2) is 49.6 Å². The highest BCUT2D eigenvalue weighted by Crippen LogP contribution is 2.11. The third-order valence-corrected chi connectivity index (χ3v) is 4.13. The molecule has 1 amide bonds. The number of hydrogen-bond donors (Lipinski definition) is 2. The van der Waals surface area contributed by atoms with Crippen LogP contribution in [0.5, 0.6) is 0 Å². The van der Waals surface area contributed by atoms with Gasteiger partial charge in [-0.15, -0.1) is 0 Å². The molecule has 0 bridgehead atoms. The summed E-state index contributed by atoms with van der Waals surface area (Å²) in [6.45, 7) is 12.0. The van der Waals surface area contributed by atoms with Gasteiger partial charge in [-0.25, -0.2) is 0 Å². The van der Waals surface area contributed by atoms with Gasteiger partial charge < -0.3 is 15.5 Å². The van der Waals surface area contributed by atoms with Crippen LogP contribution < -0.4 is 10.6 Å². The lowest BCUT2D eigenvalue weighted by Gasteiger charge is -2.30. The van der Waals surface area contributed by atoms with Crippen LogP contribution in [0.3, 0.4) is 0 Å². The number of amides is 1. The quantitative estimate of drug-likeness (QED) is 0.680. The van der Waals surface area contributed by atoms with Crippen LogP contribution in [0.1, 0.15) is 52.9 Å². The zero-order valence-electron chi connectivity index (χ0n) is 13.6. The molecule has 118 valence electrons. The lowest BCUT2D eigenvalue weighted by molar-refractivity contribution is -0.122. The van der Waals surface area contributed by atoms with E-state index in [9.17, 15) is 4.79 Å². The first-order valence-electron chi connectivity index (χ1n) is 8.39. The van der Waals surface area contributed by atoms with Gasteiger partial charge in [0, 0.05) is 19.0 Å². The van der Waals surface area contributed by atoms with Crippen LogP contribution in [0, 0.1) is 5.92 Å². The lowest BCUT2D eigenvalue weighted by atomic mass is 9.95. The highest BCUT2D eigenvalue weighted by Gasteiger charge is 2.22. The molecule has 0 spiro atoms. The molecule has 1 saturated heterocycles. The van der Waals surface area contributed by atoms with Crippen molar-refractivity contribution in [2.75, 3.05) is 32.7 Å². The zero-order chi connectivity index (χ0) is 14.8. The predicted molar refractivity (Wildman–Crippen MR) is 84.8 cm³/mol. The van der Waals surface area contributed by atoms with E-state index in [1.807, 2.05) is 0 Å². The summed E-state index contributed by atoms with van der Waals surface area (Å²) < 4.78 is 0. The summed E-state index contributed by atoms with van der Waals surface area (Å²) in [4.78, 5) is 14.5. The van der Waals surface area contributed by atoms with Crippen molar-refractivity contribution in [1.82, 2.24) is 15.5 Å². The molecule has 1 fully saturated rings. The van der Waals surface area contributed by atoms with Gasteiger partial charge in [0.2, 0.25) is 5.91 Å². The molecule has 1 rings (SSSR count). The SMILES string of the molecule is CCCN(CCC)CCCC(=O)NC1CNCCC1C. The molecule has 0 radical (unpaired) electrons. The van der Waals surface area contributed by atoms with E-state index in [-0.39, 0.29) is 5.91 Å². The number of rotatable bonds is 9. The standard InChI is InChI=1S/C16H33N3O/c1-4-10-19(11-5-2)12-6-7-16(20)18-15-13-17-9-8-14(15)3/h14-15,17H,4-13H2,1-3H3,(H,18,20). The van der Waals surface area contributed by atoms with Gasteiger partial charge in [-0.05, 0) is 57.8 Å². The minimum atomic E-state index is 0.221. The van der Waals surface area contributed by atoms with Crippen LogP contribution in [-0.2, 0) is 4.79 Å². The van der Waals surface area contributed by atoms with Gasteiger partial charge >= 0.3 is 0 Å². The highest BCUT2D eigenvalue weighted by molar-refractivity contribution is 5.76. The number of carbonyl (C=O) groups is 1. The molecule has 1 aliphatic rings. The lowest BCUT2D eigenvalue weighted by Crippen LogP contribution is -2.50. The molecule has 2 atom stereocenters. The van der Waals surface area contributed by atoms with Crippen LogP contribution in [0.25, 0.3) is 0 Å². The van der Waals surface area contributed by atoms with E-state index in [1.165, 1.54) is 12.8 Å². The van der Waals surface area contributed by atoms with Crippen molar-refractivity contribution in [2.45, 2.75) is 58.9 Å². The molecule has 0 aliphatic carbocycles. The Morgan fingerprint density at radius 1 is 1.25 bits per heavy atom. The summed E-state index contributed by atoms with van der Waals surface area (Å²) in [5, 5.41) is 6.54. The zero-order valence-corrected chi connectivity index (χ0v) is 13.6. The topological polar surface area (TPSA) is 44.4 Å². The predicted octanol–water partition coefficient (Wildman–Crippen LogP) is 2.00. The fraction of sp³-hybridized carbons (Fsp3) is 0.938. The van der Waals surface area contributed by atoms with E-state index in [4.69, 9.17) is 0 Å². The second-order valence-corrected chi connectivity index (χ2v) is 6.09. The monoisotopic (exact) mass is 283 g/mol. The van der Waals surface area contributed by atoms with E-state index in [0.717, 1.165) is 45.6 Å². The first-order valence-corrected chi connectivity index (χ1v) is 8.39. The number of nitrogens with zero attached hydrogens (tertiary/aromatic N) is 1. The highest BCUT2D eigenvalue weighted by atomic mass is 16.1. The Balaban J connectivity index is 2.18. The van der Waals surface area contributed by atoms with Gasteiger partial charge in [0.15, 0.2) is 0 Å². The van der Waals surface area contributed by atoms with Gasteiger partial charge in [-0.1, -0.05) is 20.8 Å². The molecule has 4 nitrogen and oxygen atoms in total. The smallest absolute Gasteiger partial charge is 0.220 e. The van der Waals surface area contributed by atoms with Gasteiger partial charge in [-0.3, -0.25) is 4.79 Å². The molecule has 20 heavy (non-hydrogen) atoms. The summed E-state index contributed by atoms with van der Waals surface area (Å²) in [5.41, 5.74) is 0. The first kappa shape index (κ1) is 17.4. The minimum absolute atomic E-state index is 0.221. The van der Waals surface area contributed by atoms with Crippen molar-refractivity contribution in [2.24, 2.45) is 5.92 Å². The maximum absolute atomic E-state index is 12.0. The van der Waals surface area contributed by atoms with Gasteiger partial charge in [0.25, 0.3) is 0 Å². The second kappa shape index (κ2) is 10.2. The molecule has 1 heterocycles. The first-order chi connectivity index (χ1) is 9.67. The third kappa shape index (κ3) is 6.71. The number of piperidine rings is 1. The summed E-state index contributed by atoms with van der Waals surface area (Å²) in [7, 11) is 0. The van der Waals surface area contributed by atoms with Crippen LogP contribution in [0.4, 0.5) is 0 Å². The van der Waals surface area contributed by atoms with Gasteiger partial charge in [0.05, 0.1) is 0 Å². The van der Waals surface area contributed by atoms with Crippen molar-refractivity contribution in [3.8, 4) is 0 Å². The van der Waals surface area contributed by atoms with Crippen molar-refractivity contribution >= 4 is 5.91 Å². The summed E-state index contributed by atoms with van der Waals surface area (Å²) >= 11 is 0. The molecular formula is C16H33N3O. The second-order valence-electron chi connectivity index (χ2n) is 6.09. The number of carbonyl (C=O) groups excluding carboxylic acids is 1. The average Bonchev–Trinajstić information content (AvgIpc) is 2.42. The van der Waals surface area contributed by atoms with Crippen LogP contribution in [0.2, 0.25) is 0 Å². The molecule has 2 unspecified atom stereocenters. The molecule has 0 aromatic rings. The molecular weight excluding hydrogens is 250 g/mol. The number of hydrogen-bond acceptors (Lipinski definition) is 3. The third-order valence-electron chi connectivity index (χ3n) is 4.13. The van der Waals surface area contributed by atoms with Crippen LogP contribution in [0.15, 0.2) is 0 Å². The Kier molecular flexibility index (Phi) is 8.86. The largest absolute Gasteiger partial charge is 0.352 e.